The lowest BCUT2D eigenvalue weighted by molar-refractivity contribution is 0.276. The number of hydrogen-bond acceptors (Lipinski definition) is 5. The highest BCUT2D eigenvalue weighted by atomic mass is 32.1. The van der Waals surface area contributed by atoms with Crippen molar-refractivity contribution < 1.29 is 23.1 Å². The quantitative estimate of drug-likeness (QED) is 0.226. The summed E-state index contributed by atoms with van der Waals surface area (Å²) in [5, 5.41) is 5.39. The first-order valence-corrected chi connectivity index (χ1v) is 12.9. The Balaban J connectivity index is 1.49. The zero-order valence-electron chi connectivity index (χ0n) is 17.9. The second-order valence-electron chi connectivity index (χ2n) is 7.38. The molecule has 1 aromatic heterocycles. The minimum atomic E-state index is -2.84. The van der Waals surface area contributed by atoms with E-state index in [0.29, 0.717) is 26.1 Å². The Bertz CT molecular complexity index is 967. The number of halogens is 1. The Morgan fingerprint density at radius 3 is 2.56 bits per heavy atom. The molecule has 0 aliphatic carbocycles. The third kappa shape index (κ3) is 8.49. The predicted molar refractivity (Wildman–Crippen MR) is 128 cm³/mol. The molecular formula is C24H29FNO4PS. The molecule has 0 amide bonds. The summed E-state index contributed by atoms with van der Waals surface area (Å²) in [4.78, 5) is 9.83. The zero-order chi connectivity index (χ0) is 22.6. The van der Waals surface area contributed by atoms with E-state index < -0.39 is 8.25 Å². The Morgan fingerprint density at radius 1 is 1.00 bits per heavy atom. The molecule has 1 atom stereocenters. The molecule has 172 valence electrons. The first-order valence-electron chi connectivity index (χ1n) is 10.7. The van der Waals surface area contributed by atoms with Crippen LogP contribution in [0.15, 0.2) is 60.0 Å². The molecule has 0 saturated heterocycles. The molecule has 0 spiro atoms. The second kappa shape index (κ2) is 13.5. The van der Waals surface area contributed by atoms with Crippen LogP contribution in [0, 0.1) is 5.82 Å². The van der Waals surface area contributed by atoms with Gasteiger partial charge in [0.1, 0.15) is 11.6 Å². The molecule has 1 unspecified atom stereocenters. The van der Waals surface area contributed by atoms with E-state index in [1.807, 2.05) is 24.3 Å². The van der Waals surface area contributed by atoms with Crippen molar-refractivity contribution >= 4 is 19.6 Å². The van der Waals surface area contributed by atoms with Gasteiger partial charge in [-0.1, -0.05) is 24.3 Å². The van der Waals surface area contributed by atoms with Crippen LogP contribution in [0.3, 0.4) is 0 Å². The van der Waals surface area contributed by atoms with E-state index in [-0.39, 0.29) is 12.4 Å². The highest BCUT2D eigenvalue weighted by Crippen LogP contribution is 2.34. The maximum absolute atomic E-state index is 13.0. The highest BCUT2D eigenvalue weighted by Gasteiger charge is 2.09. The lowest BCUT2D eigenvalue weighted by atomic mass is 10.1. The lowest BCUT2D eigenvalue weighted by Gasteiger charge is -2.13. The number of nitrogens with one attached hydrogen (secondary N) is 1. The van der Waals surface area contributed by atoms with E-state index in [1.165, 1.54) is 12.1 Å². The van der Waals surface area contributed by atoms with Crippen molar-refractivity contribution in [3.05, 3.63) is 76.9 Å². The fourth-order valence-corrected chi connectivity index (χ4v) is 4.36. The molecular weight excluding hydrogens is 448 g/mol. The second-order valence-corrected chi connectivity index (χ2v) is 9.15. The summed E-state index contributed by atoms with van der Waals surface area (Å²) in [5.74, 6) is 0.672. The van der Waals surface area contributed by atoms with Crippen molar-refractivity contribution in [3.8, 4) is 16.2 Å². The van der Waals surface area contributed by atoms with Gasteiger partial charge in [-0.3, -0.25) is 4.57 Å². The molecule has 32 heavy (non-hydrogen) atoms. The van der Waals surface area contributed by atoms with Crippen molar-refractivity contribution in [2.24, 2.45) is 0 Å². The number of hydrogen-bond donors (Lipinski definition) is 2. The van der Waals surface area contributed by atoms with Gasteiger partial charge in [0.15, 0.2) is 0 Å². The van der Waals surface area contributed by atoms with E-state index in [2.05, 4.69) is 28.9 Å². The smallest absolute Gasteiger partial charge is 0.316 e. The van der Waals surface area contributed by atoms with Gasteiger partial charge in [-0.15, -0.1) is 11.3 Å². The van der Waals surface area contributed by atoms with Crippen LogP contribution in [0.25, 0.3) is 10.4 Å². The van der Waals surface area contributed by atoms with Crippen LogP contribution in [-0.2, 0) is 22.1 Å². The highest BCUT2D eigenvalue weighted by molar-refractivity contribution is 7.32. The average molecular weight is 478 g/mol. The fourth-order valence-electron chi connectivity index (χ4n) is 3.29. The Hall–Kier alpha value is -2.02. The minimum absolute atomic E-state index is 0.203. The van der Waals surface area contributed by atoms with Crippen LogP contribution < -0.4 is 10.1 Å². The van der Waals surface area contributed by atoms with E-state index in [9.17, 15) is 8.96 Å². The van der Waals surface area contributed by atoms with Gasteiger partial charge in [-0.2, -0.15) is 0 Å². The van der Waals surface area contributed by atoms with Crippen molar-refractivity contribution in [2.45, 2.75) is 32.2 Å². The molecule has 8 heteroatoms. The van der Waals surface area contributed by atoms with Crippen LogP contribution in [0.2, 0.25) is 0 Å². The first kappa shape index (κ1) is 24.6. The number of aryl methyl sites for hydroxylation is 1. The first-order chi connectivity index (χ1) is 15.6. The monoisotopic (exact) mass is 477 g/mol. The number of rotatable bonds is 14. The van der Waals surface area contributed by atoms with E-state index in [4.69, 9.17) is 14.2 Å². The Morgan fingerprint density at radius 2 is 1.81 bits per heavy atom. The molecule has 5 nitrogen and oxygen atoms in total. The number of ether oxygens (including phenoxy) is 1. The number of thiophene rings is 1. The molecule has 1 heterocycles. The summed E-state index contributed by atoms with van der Waals surface area (Å²) in [6.45, 7) is 2.31. The van der Waals surface area contributed by atoms with Crippen molar-refractivity contribution in [1.29, 1.82) is 0 Å². The van der Waals surface area contributed by atoms with Gasteiger partial charge >= 0.3 is 8.25 Å². The average Bonchev–Trinajstić information content (AvgIpc) is 3.32. The summed E-state index contributed by atoms with van der Waals surface area (Å²) >= 11 is 1.68. The topological polar surface area (TPSA) is 67.8 Å². The molecule has 2 aromatic carbocycles. The van der Waals surface area contributed by atoms with E-state index >= 15 is 0 Å². The minimum Gasteiger partial charge on any atom is -0.493 e. The van der Waals surface area contributed by atoms with Gasteiger partial charge in [-0.25, -0.2) is 4.39 Å². The van der Waals surface area contributed by atoms with Crippen molar-refractivity contribution in [2.75, 3.05) is 19.8 Å². The van der Waals surface area contributed by atoms with Crippen molar-refractivity contribution in [1.82, 2.24) is 5.32 Å². The normalized spacial score (nSPS) is 12.1. The molecule has 0 bridgehead atoms. The standard InChI is InChI=1S/C24H29FNO4PS/c25-21-10-7-19(8-11-21)5-1-2-14-29-23-12-9-20(17-22(23)24-6-3-16-32-24)18-26-13-4-15-30-31(27)28/h3,6-12,16-17,26,31H,1-2,4-5,13-15,18H2,(H,27,28). The SMILES string of the molecule is O=[PH](O)OCCCNCc1ccc(OCCCCc2ccc(F)cc2)c(-c2cccs2)c1. The van der Waals surface area contributed by atoms with Gasteiger partial charge < -0.3 is 19.5 Å². The summed E-state index contributed by atoms with van der Waals surface area (Å²) in [7, 11) is -2.84. The van der Waals surface area contributed by atoms with Crippen molar-refractivity contribution in [3.63, 3.8) is 0 Å². The summed E-state index contributed by atoms with van der Waals surface area (Å²) in [5.41, 5.74) is 3.37. The number of unbranched alkanes of at least 4 members (excludes halogenated alkanes) is 1. The summed E-state index contributed by atoms with van der Waals surface area (Å²) < 4.78 is 34.3. The summed E-state index contributed by atoms with van der Waals surface area (Å²) in [6.07, 6.45) is 3.49. The third-order valence-electron chi connectivity index (χ3n) is 4.91. The van der Waals surface area contributed by atoms with Gasteiger partial charge in [0.05, 0.1) is 13.2 Å². The molecule has 3 aromatic rings. The molecule has 0 aliphatic heterocycles. The largest absolute Gasteiger partial charge is 0.493 e. The third-order valence-corrected chi connectivity index (χ3v) is 6.27. The lowest BCUT2D eigenvalue weighted by Crippen LogP contribution is -2.16. The fraction of sp³-hybridized carbons (Fsp3) is 0.333. The van der Waals surface area contributed by atoms with Gasteiger partial charge in [0.2, 0.25) is 0 Å². The Labute approximate surface area is 193 Å². The van der Waals surface area contributed by atoms with E-state index in [0.717, 1.165) is 46.6 Å². The molecule has 2 N–H and O–H groups in total. The van der Waals surface area contributed by atoms with E-state index in [1.54, 1.807) is 11.3 Å². The molecule has 0 fully saturated rings. The molecule has 0 aliphatic rings. The number of benzene rings is 2. The maximum Gasteiger partial charge on any atom is 0.316 e. The summed E-state index contributed by atoms with van der Waals surface area (Å²) in [6, 6.07) is 17.0. The molecule has 3 rings (SSSR count). The predicted octanol–water partition coefficient (Wildman–Crippen LogP) is 5.83. The van der Waals surface area contributed by atoms with Gasteiger partial charge in [-0.05, 0) is 79.1 Å². The maximum atomic E-state index is 13.0. The van der Waals surface area contributed by atoms with Crippen LogP contribution in [0.1, 0.15) is 30.4 Å². The van der Waals surface area contributed by atoms with Crippen LogP contribution in [0.5, 0.6) is 5.75 Å². The van der Waals surface area contributed by atoms with Crippen LogP contribution >= 0.6 is 19.6 Å². The van der Waals surface area contributed by atoms with Crippen LogP contribution in [-0.4, -0.2) is 24.7 Å². The molecule has 0 saturated carbocycles. The van der Waals surface area contributed by atoms with Crippen LogP contribution in [0.4, 0.5) is 4.39 Å². The van der Waals surface area contributed by atoms with Gasteiger partial charge in [0, 0.05) is 17.0 Å². The molecule has 0 radical (unpaired) electrons. The Kier molecular flexibility index (Phi) is 10.4. The zero-order valence-corrected chi connectivity index (χ0v) is 19.7. The van der Waals surface area contributed by atoms with Gasteiger partial charge in [0.25, 0.3) is 0 Å².